The average Bonchev–Trinajstić information content (AvgIpc) is 2.45. The fraction of sp³-hybridized carbons (Fsp3) is 0.0526. The van der Waals surface area contributed by atoms with Crippen molar-refractivity contribution < 1.29 is 4.74 Å². The molecule has 0 fully saturated rings. The molecule has 0 saturated heterocycles. The van der Waals surface area contributed by atoms with Crippen LogP contribution in [-0.2, 0) is 0 Å². The van der Waals surface area contributed by atoms with Crippen LogP contribution in [0.3, 0.4) is 0 Å². The van der Waals surface area contributed by atoms with Gasteiger partial charge in [0.2, 0.25) is 0 Å². The zero-order chi connectivity index (χ0) is 13.9. The van der Waals surface area contributed by atoms with Gasteiger partial charge in [0.1, 0.15) is 5.75 Å². The van der Waals surface area contributed by atoms with Crippen LogP contribution in [0.5, 0.6) is 5.75 Å². The highest BCUT2D eigenvalue weighted by atomic mass is 16.5. The van der Waals surface area contributed by atoms with Gasteiger partial charge in [0.25, 0.3) is 0 Å². The minimum atomic E-state index is 0.841. The Morgan fingerprint density at radius 2 is 1.65 bits per heavy atom. The monoisotopic (exact) mass is 260 g/mol. The van der Waals surface area contributed by atoms with E-state index in [9.17, 15) is 0 Å². The largest absolute Gasteiger partial charge is 0.464 e. The summed E-state index contributed by atoms with van der Waals surface area (Å²) >= 11 is 0. The average molecular weight is 260 g/mol. The molecule has 0 aromatic heterocycles. The van der Waals surface area contributed by atoms with E-state index in [2.05, 4.69) is 56.0 Å². The Bertz CT molecular complexity index is 703. The van der Waals surface area contributed by atoms with E-state index in [0.717, 1.165) is 22.4 Å². The molecule has 3 rings (SSSR count). The van der Waals surface area contributed by atoms with Gasteiger partial charge in [0, 0.05) is 5.56 Å². The second kappa shape index (κ2) is 5.22. The van der Waals surface area contributed by atoms with Gasteiger partial charge in [-0.05, 0) is 35.8 Å². The topological polar surface area (TPSA) is 9.23 Å². The molecule has 1 nitrogen and oxygen atoms in total. The maximum atomic E-state index is 5.69. The molecule has 2 aromatic rings. The van der Waals surface area contributed by atoms with Crippen molar-refractivity contribution in [3.63, 3.8) is 0 Å². The van der Waals surface area contributed by atoms with Crippen molar-refractivity contribution in [3.05, 3.63) is 84.7 Å². The first-order chi connectivity index (χ1) is 9.74. The van der Waals surface area contributed by atoms with Crippen molar-refractivity contribution in [3.8, 4) is 16.9 Å². The summed E-state index contributed by atoms with van der Waals surface area (Å²) < 4.78 is 5.69. The zero-order valence-corrected chi connectivity index (χ0v) is 11.5. The summed E-state index contributed by atoms with van der Waals surface area (Å²) in [5, 5.41) is 0. The summed E-state index contributed by atoms with van der Waals surface area (Å²) in [4.78, 5) is 0. The minimum absolute atomic E-state index is 0.841. The third kappa shape index (κ3) is 2.43. The first-order valence-corrected chi connectivity index (χ1v) is 6.64. The van der Waals surface area contributed by atoms with E-state index < -0.39 is 0 Å². The highest BCUT2D eigenvalue weighted by Gasteiger charge is 2.08. The van der Waals surface area contributed by atoms with E-state index in [1.807, 2.05) is 18.2 Å². The number of hydrogen-bond donors (Lipinski definition) is 0. The molecule has 20 heavy (non-hydrogen) atoms. The highest BCUT2D eigenvalue weighted by molar-refractivity contribution is 5.79. The zero-order valence-electron chi connectivity index (χ0n) is 11.5. The Morgan fingerprint density at radius 3 is 2.45 bits per heavy atom. The Kier molecular flexibility index (Phi) is 3.26. The molecule has 0 saturated carbocycles. The summed E-state index contributed by atoms with van der Waals surface area (Å²) in [5.41, 5.74) is 5.59. The molecule has 1 aliphatic heterocycles. The molecule has 0 radical (unpaired) electrons. The number of benzene rings is 2. The van der Waals surface area contributed by atoms with E-state index in [4.69, 9.17) is 4.74 Å². The third-order valence-electron chi connectivity index (χ3n) is 3.39. The van der Waals surface area contributed by atoms with E-state index in [1.165, 1.54) is 11.1 Å². The van der Waals surface area contributed by atoms with E-state index >= 15 is 0 Å². The van der Waals surface area contributed by atoms with Gasteiger partial charge >= 0.3 is 0 Å². The van der Waals surface area contributed by atoms with Crippen LogP contribution in [0.15, 0.2) is 73.5 Å². The van der Waals surface area contributed by atoms with E-state index in [0.29, 0.717) is 0 Å². The summed E-state index contributed by atoms with van der Waals surface area (Å²) in [6, 6.07) is 14.7. The molecule has 1 aliphatic rings. The molecule has 0 amide bonds. The van der Waals surface area contributed by atoms with Gasteiger partial charge in [-0.3, -0.25) is 0 Å². The molecule has 0 bridgehead atoms. The number of aryl methyl sites for hydroxylation is 1. The van der Waals surface area contributed by atoms with Crippen LogP contribution in [0.25, 0.3) is 16.7 Å². The number of fused-ring (bicyclic) bond motifs is 1. The lowest BCUT2D eigenvalue weighted by Crippen LogP contribution is -1.92. The van der Waals surface area contributed by atoms with Crippen LogP contribution in [0, 0.1) is 6.92 Å². The predicted octanol–water partition coefficient (Wildman–Crippen LogP) is 5.14. The number of hydrogen-bond acceptors (Lipinski definition) is 1. The van der Waals surface area contributed by atoms with Gasteiger partial charge in [0.05, 0.1) is 6.26 Å². The molecule has 1 heteroatoms. The SMILES string of the molecule is C=C1/C=C\C=C/Oc2cc(-c3ccc(C)cc3)ccc21. The van der Waals surface area contributed by atoms with E-state index in [-0.39, 0.29) is 0 Å². The Balaban J connectivity index is 2.06. The Labute approximate surface area is 119 Å². The molecule has 0 N–H and O–H groups in total. The van der Waals surface area contributed by atoms with Crippen molar-refractivity contribution in [1.82, 2.24) is 0 Å². The van der Waals surface area contributed by atoms with Crippen LogP contribution in [-0.4, -0.2) is 0 Å². The van der Waals surface area contributed by atoms with Crippen LogP contribution < -0.4 is 4.74 Å². The molecule has 1 heterocycles. The van der Waals surface area contributed by atoms with Crippen molar-refractivity contribution in [2.75, 3.05) is 0 Å². The maximum Gasteiger partial charge on any atom is 0.134 e. The minimum Gasteiger partial charge on any atom is -0.464 e. The Hall–Kier alpha value is -2.54. The molecule has 2 aromatic carbocycles. The number of allylic oxidation sites excluding steroid dienone is 4. The van der Waals surface area contributed by atoms with Gasteiger partial charge in [-0.2, -0.15) is 0 Å². The number of ether oxygens (including phenoxy) is 1. The molecule has 0 atom stereocenters. The molecular weight excluding hydrogens is 244 g/mol. The summed E-state index contributed by atoms with van der Waals surface area (Å²) in [6.07, 6.45) is 7.48. The normalized spacial score (nSPS) is 16.6. The quantitative estimate of drug-likeness (QED) is 0.690. The van der Waals surface area contributed by atoms with Crippen LogP contribution in [0.2, 0.25) is 0 Å². The lowest BCUT2D eigenvalue weighted by Gasteiger charge is -2.12. The van der Waals surface area contributed by atoms with Gasteiger partial charge in [0.15, 0.2) is 0 Å². The summed E-state index contributed by atoms with van der Waals surface area (Å²) in [5.74, 6) is 0.841. The second-order valence-corrected chi connectivity index (χ2v) is 4.91. The van der Waals surface area contributed by atoms with Gasteiger partial charge in [-0.25, -0.2) is 0 Å². The number of rotatable bonds is 1. The molecular formula is C19H16O. The van der Waals surface area contributed by atoms with Crippen LogP contribution in [0.1, 0.15) is 11.1 Å². The standard InChI is InChI=1S/C19H16O/c1-14-6-8-16(9-7-14)17-10-11-18-15(2)5-3-4-12-20-19(18)13-17/h3-13H,2H2,1H3/b5-3-,12-4-. The van der Waals surface area contributed by atoms with Gasteiger partial charge < -0.3 is 4.74 Å². The lowest BCUT2D eigenvalue weighted by molar-refractivity contribution is 0.480. The van der Waals surface area contributed by atoms with Gasteiger partial charge in [-0.15, -0.1) is 0 Å². The summed E-state index contributed by atoms with van der Waals surface area (Å²) in [7, 11) is 0. The predicted molar refractivity (Wildman–Crippen MR) is 84.6 cm³/mol. The Morgan fingerprint density at radius 1 is 0.900 bits per heavy atom. The third-order valence-corrected chi connectivity index (χ3v) is 3.39. The molecule has 0 unspecified atom stereocenters. The van der Waals surface area contributed by atoms with Crippen molar-refractivity contribution in [2.45, 2.75) is 6.92 Å². The molecule has 98 valence electrons. The summed E-state index contributed by atoms with van der Waals surface area (Å²) in [6.45, 7) is 6.16. The van der Waals surface area contributed by atoms with Crippen molar-refractivity contribution >= 4 is 5.57 Å². The smallest absolute Gasteiger partial charge is 0.134 e. The fourth-order valence-electron chi connectivity index (χ4n) is 2.23. The first kappa shape index (κ1) is 12.5. The van der Waals surface area contributed by atoms with E-state index in [1.54, 1.807) is 6.26 Å². The van der Waals surface area contributed by atoms with Gasteiger partial charge in [-0.1, -0.05) is 60.7 Å². The van der Waals surface area contributed by atoms with Crippen molar-refractivity contribution in [2.24, 2.45) is 0 Å². The first-order valence-electron chi connectivity index (χ1n) is 6.64. The lowest BCUT2D eigenvalue weighted by atomic mass is 9.99. The maximum absolute atomic E-state index is 5.69. The second-order valence-electron chi connectivity index (χ2n) is 4.91. The van der Waals surface area contributed by atoms with Crippen LogP contribution in [0.4, 0.5) is 0 Å². The molecule has 0 spiro atoms. The fourth-order valence-corrected chi connectivity index (χ4v) is 2.23. The van der Waals surface area contributed by atoms with Crippen LogP contribution >= 0.6 is 0 Å². The molecule has 0 aliphatic carbocycles. The highest BCUT2D eigenvalue weighted by Crippen LogP contribution is 2.32. The van der Waals surface area contributed by atoms with Crippen molar-refractivity contribution in [1.29, 1.82) is 0 Å².